The van der Waals surface area contributed by atoms with Gasteiger partial charge in [0.2, 0.25) is 0 Å². The number of hydrogen-bond acceptors (Lipinski definition) is 3. The topological polar surface area (TPSA) is 40.1 Å². The fourth-order valence-corrected chi connectivity index (χ4v) is 4.11. The molecule has 2 saturated heterocycles. The highest BCUT2D eigenvalue weighted by atomic mass is 127. The third-order valence-electron chi connectivity index (χ3n) is 5.71. The van der Waals surface area contributed by atoms with Gasteiger partial charge in [-0.25, -0.2) is 0 Å². The Morgan fingerprint density at radius 3 is 2.62 bits per heavy atom. The first-order valence-corrected chi connectivity index (χ1v) is 9.30. The summed E-state index contributed by atoms with van der Waals surface area (Å²) in [6.07, 6.45) is 6.84. The molecule has 3 aliphatic rings. The van der Waals surface area contributed by atoms with E-state index < -0.39 is 0 Å². The highest BCUT2D eigenvalue weighted by Gasteiger charge is 2.42. The molecule has 0 saturated carbocycles. The number of aliphatic imine (C=N–C) groups is 1. The number of rotatable bonds is 3. The first kappa shape index (κ1) is 19.5. The van der Waals surface area contributed by atoms with E-state index in [1.165, 1.54) is 24.1 Å². The lowest BCUT2D eigenvalue weighted by molar-refractivity contribution is 0.156. The normalized spacial score (nSPS) is 25.2. The maximum Gasteiger partial charge on any atom is 0.193 e. The summed E-state index contributed by atoms with van der Waals surface area (Å²) >= 11 is 0. The molecule has 5 nitrogen and oxygen atoms in total. The summed E-state index contributed by atoms with van der Waals surface area (Å²) < 4.78 is 5.63. The van der Waals surface area contributed by atoms with Crippen LogP contribution < -0.4 is 10.2 Å². The van der Waals surface area contributed by atoms with Crippen molar-refractivity contribution >= 4 is 35.6 Å². The average molecular weight is 468 g/mol. The van der Waals surface area contributed by atoms with Gasteiger partial charge >= 0.3 is 0 Å². The first-order valence-electron chi connectivity index (χ1n) is 9.30. The van der Waals surface area contributed by atoms with Crippen LogP contribution in [0.2, 0.25) is 0 Å². The third-order valence-corrected chi connectivity index (χ3v) is 5.71. The Morgan fingerprint density at radius 1 is 1.19 bits per heavy atom. The van der Waals surface area contributed by atoms with Gasteiger partial charge in [0.25, 0.3) is 0 Å². The summed E-state index contributed by atoms with van der Waals surface area (Å²) in [6.45, 7) is 6.81. The number of benzene rings is 1. The maximum atomic E-state index is 5.63. The van der Waals surface area contributed by atoms with Crippen molar-refractivity contribution in [3.8, 4) is 0 Å². The number of anilines is 1. The molecule has 1 aromatic rings. The summed E-state index contributed by atoms with van der Waals surface area (Å²) in [5.41, 5.74) is 2.94. The highest BCUT2D eigenvalue weighted by Crippen LogP contribution is 2.38. The average Bonchev–Trinajstić information content (AvgIpc) is 3.40. The summed E-state index contributed by atoms with van der Waals surface area (Å²) in [5.74, 6) is 1.01. The summed E-state index contributed by atoms with van der Waals surface area (Å²) in [4.78, 5) is 9.25. The second-order valence-electron chi connectivity index (χ2n) is 7.42. The lowest BCUT2D eigenvalue weighted by Gasteiger charge is -2.25. The van der Waals surface area contributed by atoms with Gasteiger partial charge in [0.05, 0.1) is 6.61 Å². The zero-order valence-corrected chi connectivity index (χ0v) is 17.8. The molecule has 0 aromatic heterocycles. The molecule has 0 amide bonds. The van der Waals surface area contributed by atoms with Crippen molar-refractivity contribution in [3.05, 3.63) is 42.0 Å². The molecule has 6 heteroatoms. The second kappa shape index (κ2) is 8.61. The van der Waals surface area contributed by atoms with Crippen LogP contribution in [-0.2, 0) is 11.3 Å². The molecule has 0 aliphatic carbocycles. The third kappa shape index (κ3) is 4.17. The Balaban J connectivity index is 0.00000196. The van der Waals surface area contributed by atoms with E-state index in [9.17, 15) is 0 Å². The minimum absolute atomic E-state index is 0. The van der Waals surface area contributed by atoms with E-state index >= 15 is 0 Å². The predicted octanol–water partition coefficient (Wildman–Crippen LogP) is 2.87. The number of guanidine groups is 1. The van der Waals surface area contributed by atoms with Crippen molar-refractivity contribution in [3.63, 3.8) is 0 Å². The fourth-order valence-electron chi connectivity index (χ4n) is 4.11. The van der Waals surface area contributed by atoms with Crippen molar-refractivity contribution in [2.75, 3.05) is 51.3 Å². The second-order valence-corrected chi connectivity index (χ2v) is 7.42. The van der Waals surface area contributed by atoms with Crippen molar-refractivity contribution in [1.82, 2.24) is 10.2 Å². The zero-order chi connectivity index (χ0) is 17.1. The molecule has 26 heavy (non-hydrogen) atoms. The number of hydrogen-bond donors (Lipinski definition) is 1. The van der Waals surface area contributed by atoms with E-state index in [0.717, 1.165) is 51.9 Å². The highest BCUT2D eigenvalue weighted by molar-refractivity contribution is 14.0. The van der Waals surface area contributed by atoms with Gasteiger partial charge < -0.3 is 19.9 Å². The van der Waals surface area contributed by atoms with E-state index in [1.54, 1.807) is 0 Å². The molecule has 1 spiro atoms. The molecule has 1 atom stereocenters. The van der Waals surface area contributed by atoms with Gasteiger partial charge in [0, 0.05) is 57.5 Å². The van der Waals surface area contributed by atoms with E-state index in [2.05, 4.69) is 56.5 Å². The van der Waals surface area contributed by atoms with Gasteiger partial charge in [0.15, 0.2) is 5.96 Å². The van der Waals surface area contributed by atoms with Crippen LogP contribution in [0.5, 0.6) is 0 Å². The molecule has 4 rings (SSSR count). The summed E-state index contributed by atoms with van der Waals surface area (Å²) in [7, 11) is 1.88. The summed E-state index contributed by atoms with van der Waals surface area (Å²) in [6, 6.07) is 8.86. The molecule has 1 aromatic carbocycles. The van der Waals surface area contributed by atoms with Gasteiger partial charge in [-0.05, 0) is 30.5 Å². The lowest BCUT2D eigenvalue weighted by Crippen LogP contribution is -2.41. The van der Waals surface area contributed by atoms with Gasteiger partial charge in [-0.2, -0.15) is 0 Å². The van der Waals surface area contributed by atoms with E-state index in [-0.39, 0.29) is 24.0 Å². The molecule has 0 radical (unpaired) electrons. The molecular formula is C20H29IN4O. The Labute approximate surface area is 173 Å². The number of likely N-dealkylation sites (tertiary alicyclic amines) is 1. The van der Waals surface area contributed by atoms with Crippen LogP contribution in [0.25, 0.3) is 0 Å². The van der Waals surface area contributed by atoms with Gasteiger partial charge in [-0.1, -0.05) is 24.3 Å². The number of ether oxygens (including phenoxy) is 1. The Morgan fingerprint density at radius 2 is 1.96 bits per heavy atom. The Kier molecular flexibility index (Phi) is 6.45. The molecule has 1 N–H and O–H groups in total. The van der Waals surface area contributed by atoms with Crippen molar-refractivity contribution in [2.24, 2.45) is 10.4 Å². The van der Waals surface area contributed by atoms with Crippen molar-refractivity contribution in [2.45, 2.75) is 19.4 Å². The van der Waals surface area contributed by atoms with E-state index in [1.807, 2.05) is 7.05 Å². The Hall–Kier alpha value is -1.28. The van der Waals surface area contributed by atoms with Gasteiger partial charge in [0.1, 0.15) is 0 Å². The van der Waals surface area contributed by atoms with Crippen molar-refractivity contribution < 1.29 is 4.74 Å². The monoisotopic (exact) mass is 468 g/mol. The van der Waals surface area contributed by atoms with Gasteiger partial charge in [-0.3, -0.25) is 4.99 Å². The van der Waals surface area contributed by atoms with Crippen molar-refractivity contribution in [1.29, 1.82) is 0 Å². The predicted molar refractivity (Wildman–Crippen MR) is 117 cm³/mol. The van der Waals surface area contributed by atoms with Crippen LogP contribution in [0.15, 0.2) is 41.4 Å². The van der Waals surface area contributed by atoms with Crippen LogP contribution in [0.3, 0.4) is 0 Å². The lowest BCUT2D eigenvalue weighted by atomic mass is 9.87. The van der Waals surface area contributed by atoms with E-state index in [4.69, 9.17) is 4.74 Å². The molecule has 2 fully saturated rings. The van der Waals surface area contributed by atoms with Gasteiger partial charge in [-0.15, -0.1) is 24.0 Å². The minimum atomic E-state index is 0. The van der Waals surface area contributed by atoms with Crippen LogP contribution in [-0.4, -0.2) is 57.3 Å². The number of halogens is 1. The quantitative estimate of drug-likeness (QED) is 0.321. The standard InChI is InChI=1S/C20H28N4O.HI/c1-21-19(24-12-8-20(15-24)9-13-25-16-20)22-14-17-4-6-18(7-5-17)23-10-2-3-11-23;/h2-7H,8-16H2,1H3,(H,21,22);1H. The summed E-state index contributed by atoms with van der Waals surface area (Å²) in [5, 5.41) is 3.53. The number of nitrogens with zero attached hydrogens (tertiary/aromatic N) is 3. The molecule has 1 unspecified atom stereocenters. The fraction of sp³-hybridized carbons (Fsp3) is 0.550. The SMILES string of the molecule is CN=C(NCc1ccc(N2CC=CC2)cc1)N1CCC2(CCOC2)C1.I. The Bertz CT molecular complexity index is 644. The smallest absolute Gasteiger partial charge is 0.193 e. The molecule has 0 bridgehead atoms. The first-order chi connectivity index (χ1) is 12.3. The molecule has 3 heterocycles. The minimum Gasteiger partial charge on any atom is -0.381 e. The molecule has 3 aliphatic heterocycles. The molecular weight excluding hydrogens is 439 g/mol. The van der Waals surface area contributed by atoms with E-state index in [0.29, 0.717) is 5.41 Å². The molecule has 142 valence electrons. The van der Waals surface area contributed by atoms with Crippen LogP contribution >= 0.6 is 24.0 Å². The van der Waals surface area contributed by atoms with Crippen LogP contribution in [0, 0.1) is 5.41 Å². The maximum absolute atomic E-state index is 5.63. The van der Waals surface area contributed by atoms with Crippen LogP contribution in [0.4, 0.5) is 5.69 Å². The zero-order valence-electron chi connectivity index (χ0n) is 15.5. The number of nitrogens with one attached hydrogen (secondary N) is 1. The van der Waals surface area contributed by atoms with Crippen LogP contribution in [0.1, 0.15) is 18.4 Å². The largest absolute Gasteiger partial charge is 0.381 e.